The number of aryl methyl sites for hydroxylation is 1. The molecule has 10 heteroatoms. The summed E-state index contributed by atoms with van der Waals surface area (Å²) in [5, 5.41) is 9.82. The number of nitrogens with zero attached hydrogens (tertiary/aromatic N) is 4. The first-order chi connectivity index (χ1) is 19.9. The first kappa shape index (κ1) is 27.1. The summed E-state index contributed by atoms with van der Waals surface area (Å²) in [6, 6.07) is 13.9. The number of carboxylic acid groups (broad SMARTS) is 1. The molecule has 0 saturated carbocycles. The predicted octanol–water partition coefficient (Wildman–Crippen LogP) is 5.87. The lowest BCUT2D eigenvalue weighted by atomic mass is 9.88. The molecular formula is C31H31ClN4O5. The molecule has 2 aromatic carbocycles. The number of oxazole rings is 1. The van der Waals surface area contributed by atoms with E-state index in [9.17, 15) is 4.79 Å². The number of piperidine rings is 1. The van der Waals surface area contributed by atoms with Gasteiger partial charge in [-0.15, -0.1) is 0 Å². The molecule has 0 spiro atoms. The second-order valence-electron chi connectivity index (χ2n) is 10.4. The number of hydrogen-bond donors (Lipinski definition) is 1. The Morgan fingerprint density at radius 3 is 2.66 bits per heavy atom. The van der Waals surface area contributed by atoms with Gasteiger partial charge in [0.15, 0.2) is 24.0 Å². The van der Waals surface area contributed by atoms with Gasteiger partial charge in [0, 0.05) is 16.7 Å². The van der Waals surface area contributed by atoms with Gasteiger partial charge in [-0.05, 0) is 68.6 Å². The maximum atomic E-state index is 11.1. The zero-order valence-electron chi connectivity index (χ0n) is 22.7. The van der Waals surface area contributed by atoms with Gasteiger partial charge in [-0.2, -0.15) is 0 Å². The number of carboxylic acids is 1. The molecule has 0 radical (unpaired) electrons. The number of halogens is 1. The van der Waals surface area contributed by atoms with Gasteiger partial charge in [0.1, 0.15) is 18.2 Å². The monoisotopic (exact) mass is 574 g/mol. The SMILES string of the molecule is Cc1ncoc1Cn1c(/C=C/C(=O)O)cnc1CN1CCC(c2cccc3c2OCC(c2ccc(Cl)cc2)O3)CC1. The van der Waals surface area contributed by atoms with Crippen molar-refractivity contribution in [2.24, 2.45) is 0 Å². The van der Waals surface area contributed by atoms with Crippen molar-refractivity contribution >= 4 is 23.6 Å². The van der Waals surface area contributed by atoms with Gasteiger partial charge in [0.2, 0.25) is 0 Å². The van der Waals surface area contributed by atoms with Crippen molar-refractivity contribution in [3.63, 3.8) is 0 Å². The zero-order chi connectivity index (χ0) is 28.3. The van der Waals surface area contributed by atoms with Crippen LogP contribution < -0.4 is 9.47 Å². The summed E-state index contributed by atoms with van der Waals surface area (Å²) in [7, 11) is 0. The zero-order valence-corrected chi connectivity index (χ0v) is 23.5. The molecule has 41 heavy (non-hydrogen) atoms. The van der Waals surface area contributed by atoms with Crippen molar-refractivity contribution in [2.45, 2.75) is 44.9 Å². The van der Waals surface area contributed by atoms with E-state index in [4.69, 9.17) is 30.6 Å². The molecule has 2 aliphatic rings. The fraction of sp³-hybridized carbons (Fsp3) is 0.323. The Balaban J connectivity index is 1.13. The quantitative estimate of drug-likeness (QED) is 0.261. The van der Waals surface area contributed by atoms with Crippen molar-refractivity contribution in [1.82, 2.24) is 19.4 Å². The molecule has 6 rings (SSSR count). The molecule has 1 N–H and O–H groups in total. The Hall–Kier alpha value is -4.08. The Bertz CT molecular complexity index is 1550. The highest BCUT2D eigenvalue weighted by molar-refractivity contribution is 6.30. The largest absolute Gasteiger partial charge is 0.485 e. The molecule has 0 bridgehead atoms. The Morgan fingerprint density at radius 1 is 1.12 bits per heavy atom. The van der Waals surface area contributed by atoms with Gasteiger partial charge in [-0.25, -0.2) is 14.8 Å². The smallest absolute Gasteiger partial charge is 0.328 e. The normalized spacial score (nSPS) is 17.8. The van der Waals surface area contributed by atoms with E-state index in [0.29, 0.717) is 36.3 Å². The fourth-order valence-electron chi connectivity index (χ4n) is 5.54. The molecule has 1 fully saturated rings. The minimum atomic E-state index is -1.00. The minimum absolute atomic E-state index is 0.170. The third-order valence-electron chi connectivity index (χ3n) is 7.80. The average molecular weight is 575 g/mol. The lowest BCUT2D eigenvalue weighted by Crippen LogP contribution is -2.34. The average Bonchev–Trinajstić information content (AvgIpc) is 3.57. The number of hydrogen-bond acceptors (Lipinski definition) is 7. The summed E-state index contributed by atoms with van der Waals surface area (Å²) >= 11 is 6.05. The first-order valence-electron chi connectivity index (χ1n) is 13.7. The van der Waals surface area contributed by atoms with Gasteiger partial charge in [-0.3, -0.25) is 4.90 Å². The van der Waals surface area contributed by atoms with Gasteiger partial charge in [0.25, 0.3) is 0 Å². The summed E-state index contributed by atoms with van der Waals surface area (Å²) in [5.74, 6) is 2.57. The predicted molar refractivity (Wildman–Crippen MR) is 153 cm³/mol. The molecule has 2 aliphatic heterocycles. The summed E-state index contributed by atoms with van der Waals surface area (Å²) < 4.78 is 20.2. The molecule has 4 aromatic rings. The van der Waals surface area contributed by atoms with Crippen LogP contribution >= 0.6 is 11.6 Å². The van der Waals surface area contributed by atoms with Crippen molar-refractivity contribution in [2.75, 3.05) is 19.7 Å². The second kappa shape index (κ2) is 11.8. The summed E-state index contributed by atoms with van der Waals surface area (Å²) in [6.07, 6.45) is 7.61. The minimum Gasteiger partial charge on any atom is -0.485 e. The van der Waals surface area contributed by atoms with E-state index >= 15 is 0 Å². The Morgan fingerprint density at radius 2 is 1.93 bits per heavy atom. The van der Waals surface area contributed by atoms with Crippen LogP contribution in [-0.4, -0.2) is 50.2 Å². The van der Waals surface area contributed by atoms with Crippen LogP contribution in [0.15, 0.2) is 65.5 Å². The molecule has 9 nitrogen and oxygen atoms in total. The number of carbonyl (C=O) groups is 1. The maximum Gasteiger partial charge on any atom is 0.328 e. The van der Waals surface area contributed by atoms with Crippen molar-refractivity contribution < 1.29 is 23.8 Å². The fourth-order valence-corrected chi connectivity index (χ4v) is 5.67. The van der Waals surface area contributed by atoms with E-state index in [0.717, 1.165) is 66.3 Å². The summed E-state index contributed by atoms with van der Waals surface area (Å²) in [4.78, 5) is 22.4. The van der Waals surface area contributed by atoms with Gasteiger partial charge >= 0.3 is 5.97 Å². The lowest BCUT2D eigenvalue weighted by Gasteiger charge is -2.34. The van der Waals surface area contributed by atoms with Crippen molar-refractivity contribution in [3.8, 4) is 11.5 Å². The van der Waals surface area contributed by atoms with Crippen LogP contribution in [-0.2, 0) is 17.9 Å². The number of aliphatic carboxylic acids is 1. The van der Waals surface area contributed by atoms with Crippen LogP contribution in [0.3, 0.4) is 0 Å². The highest BCUT2D eigenvalue weighted by Crippen LogP contribution is 2.44. The van der Waals surface area contributed by atoms with Crippen LogP contribution in [0.25, 0.3) is 6.08 Å². The topological polar surface area (TPSA) is 103 Å². The van der Waals surface area contributed by atoms with Crippen LogP contribution in [0.1, 0.15) is 59.0 Å². The van der Waals surface area contributed by atoms with Crippen LogP contribution in [0.2, 0.25) is 5.02 Å². The Labute approximate surface area is 243 Å². The number of likely N-dealkylation sites (tertiary alicyclic amines) is 1. The van der Waals surface area contributed by atoms with Gasteiger partial charge in [-0.1, -0.05) is 35.9 Å². The molecule has 0 amide bonds. The van der Waals surface area contributed by atoms with Gasteiger partial charge < -0.3 is 23.6 Å². The van der Waals surface area contributed by atoms with E-state index in [-0.39, 0.29) is 6.10 Å². The number of para-hydroxylation sites is 1. The number of imidazole rings is 1. The number of ether oxygens (including phenoxy) is 2. The third kappa shape index (κ3) is 6.01. The number of aromatic nitrogens is 3. The second-order valence-corrected chi connectivity index (χ2v) is 10.8. The molecular weight excluding hydrogens is 544 g/mol. The van der Waals surface area contributed by atoms with Crippen LogP contribution in [0, 0.1) is 6.92 Å². The summed E-state index contributed by atoms with van der Waals surface area (Å²) in [5.41, 5.74) is 3.74. The summed E-state index contributed by atoms with van der Waals surface area (Å²) in [6.45, 7) is 5.23. The van der Waals surface area contributed by atoms with Crippen LogP contribution in [0.5, 0.6) is 11.5 Å². The van der Waals surface area contributed by atoms with E-state index in [1.165, 1.54) is 12.0 Å². The molecule has 1 saturated heterocycles. The van der Waals surface area contributed by atoms with Gasteiger partial charge in [0.05, 0.1) is 30.7 Å². The van der Waals surface area contributed by atoms with E-state index in [1.807, 2.05) is 47.9 Å². The molecule has 2 aromatic heterocycles. The number of rotatable bonds is 8. The molecule has 4 heterocycles. The molecule has 0 aliphatic carbocycles. The third-order valence-corrected chi connectivity index (χ3v) is 8.06. The van der Waals surface area contributed by atoms with Crippen molar-refractivity contribution in [1.29, 1.82) is 0 Å². The van der Waals surface area contributed by atoms with Crippen LogP contribution in [0.4, 0.5) is 0 Å². The first-order valence-corrected chi connectivity index (χ1v) is 14.1. The maximum absolute atomic E-state index is 11.1. The highest BCUT2D eigenvalue weighted by atomic mass is 35.5. The number of benzene rings is 2. The molecule has 1 atom stereocenters. The highest BCUT2D eigenvalue weighted by Gasteiger charge is 2.30. The molecule has 1 unspecified atom stereocenters. The lowest BCUT2D eigenvalue weighted by molar-refractivity contribution is -0.131. The van der Waals surface area contributed by atoms with E-state index in [1.54, 1.807) is 12.3 Å². The molecule has 212 valence electrons. The van der Waals surface area contributed by atoms with E-state index in [2.05, 4.69) is 20.9 Å². The standard InChI is InChI=1S/C31H31ClN4O5/c1-20-27(40-19-34-20)16-36-24(9-10-30(37)38)15-33-29(36)17-35-13-11-21(12-14-35)25-3-2-4-26-31(25)39-18-28(41-26)22-5-7-23(32)8-6-22/h2-10,15,19,21,28H,11-14,16-18H2,1H3,(H,37,38)/b10-9+. The van der Waals surface area contributed by atoms with E-state index < -0.39 is 5.97 Å². The Kier molecular flexibility index (Phi) is 7.80. The number of fused-ring (bicyclic) bond motifs is 1. The van der Waals surface area contributed by atoms with Crippen molar-refractivity contribution in [3.05, 3.63) is 100 Å².